The first kappa shape index (κ1) is 17.2. The molecule has 2 aromatic carbocycles. The van der Waals surface area contributed by atoms with E-state index < -0.39 is 24.3 Å². The van der Waals surface area contributed by atoms with Gasteiger partial charge in [-0.15, -0.1) is 0 Å². The van der Waals surface area contributed by atoms with Gasteiger partial charge in [0.05, 0.1) is 7.11 Å². The van der Waals surface area contributed by atoms with Gasteiger partial charge in [0.25, 0.3) is 5.91 Å². The second-order valence-electron chi connectivity index (χ2n) is 4.77. The molecule has 24 heavy (non-hydrogen) atoms. The topological polar surface area (TPSA) is 64.6 Å². The lowest BCUT2D eigenvalue weighted by molar-refractivity contribution is -0.142. The van der Waals surface area contributed by atoms with Crippen LogP contribution in [0.1, 0.15) is 5.56 Å². The fourth-order valence-corrected chi connectivity index (χ4v) is 1.79. The van der Waals surface area contributed by atoms with E-state index in [0.29, 0.717) is 11.4 Å². The molecule has 0 aliphatic carbocycles. The van der Waals surface area contributed by atoms with Gasteiger partial charge < -0.3 is 14.8 Å². The maximum atomic E-state index is 12.7. The molecule has 0 saturated heterocycles. The van der Waals surface area contributed by atoms with E-state index in [1.165, 1.54) is 30.3 Å². The van der Waals surface area contributed by atoms with Crippen LogP contribution in [0.4, 0.5) is 10.1 Å². The minimum absolute atomic E-state index is 0.400. The normalized spacial score (nSPS) is 10.4. The molecule has 0 aliphatic heterocycles. The summed E-state index contributed by atoms with van der Waals surface area (Å²) < 4.78 is 22.6. The average Bonchev–Trinajstić information content (AvgIpc) is 2.60. The van der Waals surface area contributed by atoms with Crippen LogP contribution in [-0.4, -0.2) is 25.6 Å². The number of nitrogens with one attached hydrogen (secondary N) is 1. The van der Waals surface area contributed by atoms with E-state index in [-0.39, 0.29) is 0 Å². The van der Waals surface area contributed by atoms with Gasteiger partial charge in [0.2, 0.25) is 0 Å². The van der Waals surface area contributed by atoms with Crippen LogP contribution in [0.3, 0.4) is 0 Å². The smallest absolute Gasteiger partial charge is 0.331 e. The predicted molar refractivity (Wildman–Crippen MR) is 88.0 cm³/mol. The highest BCUT2D eigenvalue weighted by Crippen LogP contribution is 2.12. The molecule has 0 aromatic heterocycles. The molecular weight excluding hydrogens is 313 g/mol. The van der Waals surface area contributed by atoms with Crippen molar-refractivity contribution in [2.45, 2.75) is 0 Å². The number of ether oxygens (including phenoxy) is 2. The lowest BCUT2D eigenvalue weighted by atomic mass is 10.2. The first-order valence-electron chi connectivity index (χ1n) is 7.11. The van der Waals surface area contributed by atoms with E-state index in [1.54, 1.807) is 37.5 Å². The Labute approximate surface area is 138 Å². The fraction of sp³-hybridized carbons (Fsp3) is 0.111. The van der Waals surface area contributed by atoms with Crippen LogP contribution >= 0.6 is 0 Å². The molecule has 0 aliphatic rings. The van der Waals surface area contributed by atoms with Crippen LogP contribution in [-0.2, 0) is 14.3 Å². The second kappa shape index (κ2) is 8.47. The van der Waals surface area contributed by atoms with Crippen molar-refractivity contribution in [3.8, 4) is 5.75 Å². The van der Waals surface area contributed by atoms with Crippen molar-refractivity contribution >= 4 is 23.6 Å². The van der Waals surface area contributed by atoms with Crippen LogP contribution in [0.25, 0.3) is 6.08 Å². The van der Waals surface area contributed by atoms with Crippen molar-refractivity contribution in [3.05, 3.63) is 66.0 Å². The number of carbonyl (C=O) groups is 2. The molecule has 2 aromatic rings. The van der Waals surface area contributed by atoms with Crippen molar-refractivity contribution < 1.29 is 23.5 Å². The van der Waals surface area contributed by atoms with Gasteiger partial charge in [-0.05, 0) is 48.0 Å². The first-order chi connectivity index (χ1) is 11.6. The van der Waals surface area contributed by atoms with Crippen molar-refractivity contribution in [1.82, 2.24) is 0 Å². The summed E-state index contributed by atoms with van der Waals surface area (Å²) in [6.45, 7) is -0.427. The van der Waals surface area contributed by atoms with E-state index in [2.05, 4.69) is 5.32 Å². The average molecular weight is 329 g/mol. The summed E-state index contributed by atoms with van der Waals surface area (Å²) >= 11 is 0. The van der Waals surface area contributed by atoms with Gasteiger partial charge in [0.1, 0.15) is 11.6 Å². The Kier molecular flexibility index (Phi) is 6.08. The van der Waals surface area contributed by atoms with Gasteiger partial charge in [0, 0.05) is 11.8 Å². The summed E-state index contributed by atoms with van der Waals surface area (Å²) in [4.78, 5) is 23.2. The summed E-state index contributed by atoms with van der Waals surface area (Å²) in [6.07, 6.45) is 2.80. The van der Waals surface area contributed by atoms with Crippen LogP contribution in [0, 0.1) is 5.82 Å². The van der Waals surface area contributed by atoms with Crippen molar-refractivity contribution in [3.63, 3.8) is 0 Å². The predicted octanol–water partition coefficient (Wildman–Crippen LogP) is 3.03. The van der Waals surface area contributed by atoms with Gasteiger partial charge in [-0.3, -0.25) is 4.79 Å². The third kappa shape index (κ3) is 5.57. The van der Waals surface area contributed by atoms with E-state index >= 15 is 0 Å². The van der Waals surface area contributed by atoms with Crippen LogP contribution < -0.4 is 10.1 Å². The number of halogens is 1. The minimum atomic E-state index is -0.639. The molecule has 1 N–H and O–H groups in total. The number of amides is 1. The molecule has 0 heterocycles. The zero-order valence-corrected chi connectivity index (χ0v) is 13.0. The monoisotopic (exact) mass is 329 g/mol. The van der Waals surface area contributed by atoms with Crippen molar-refractivity contribution in [2.75, 3.05) is 19.0 Å². The highest BCUT2D eigenvalue weighted by Gasteiger charge is 2.05. The molecule has 0 saturated carbocycles. The van der Waals surface area contributed by atoms with Crippen LogP contribution in [0.5, 0.6) is 5.75 Å². The molecule has 0 unspecified atom stereocenters. The number of methoxy groups -OCH3 is 1. The Morgan fingerprint density at radius 1 is 1.08 bits per heavy atom. The van der Waals surface area contributed by atoms with Gasteiger partial charge in [-0.25, -0.2) is 9.18 Å². The van der Waals surface area contributed by atoms with Crippen molar-refractivity contribution in [2.24, 2.45) is 0 Å². The number of rotatable bonds is 6. The standard InChI is InChI=1S/C18H16FNO4/c1-23-16-9-2-13(3-10-16)4-11-18(22)24-12-17(21)20-15-7-5-14(19)6-8-15/h2-11H,12H2,1H3,(H,20,21)/b11-4+. The summed E-state index contributed by atoms with van der Waals surface area (Å²) in [7, 11) is 1.57. The quantitative estimate of drug-likeness (QED) is 0.653. The Hall–Kier alpha value is -3.15. The molecule has 0 bridgehead atoms. The zero-order chi connectivity index (χ0) is 17.4. The summed E-state index contributed by atoms with van der Waals surface area (Å²) in [5, 5.41) is 2.49. The van der Waals surface area contributed by atoms with Gasteiger partial charge >= 0.3 is 5.97 Å². The number of hydrogen-bond acceptors (Lipinski definition) is 4. The number of esters is 1. The molecule has 124 valence electrons. The second-order valence-corrected chi connectivity index (χ2v) is 4.77. The molecule has 0 fully saturated rings. The van der Waals surface area contributed by atoms with E-state index in [9.17, 15) is 14.0 Å². The third-order valence-corrected chi connectivity index (χ3v) is 3.00. The fourth-order valence-electron chi connectivity index (χ4n) is 1.79. The first-order valence-corrected chi connectivity index (χ1v) is 7.11. The van der Waals surface area contributed by atoms with Crippen LogP contribution in [0.2, 0.25) is 0 Å². The lowest BCUT2D eigenvalue weighted by Crippen LogP contribution is -2.20. The molecule has 2 rings (SSSR count). The lowest BCUT2D eigenvalue weighted by Gasteiger charge is -2.05. The summed E-state index contributed by atoms with van der Waals surface area (Å²) in [5.41, 5.74) is 1.22. The van der Waals surface area contributed by atoms with E-state index in [0.717, 1.165) is 5.56 Å². The maximum absolute atomic E-state index is 12.7. The number of anilines is 1. The van der Waals surface area contributed by atoms with Crippen LogP contribution in [0.15, 0.2) is 54.6 Å². The Bertz CT molecular complexity index is 724. The zero-order valence-electron chi connectivity index (χ0n) is 13.0. The van der Waals surface area contributed by atoms with Gasteiger partial charge in [-0.1, -0.05) is 12.1 Å². The van der Waals surface area contributed by atoms with E-state index in [1.807, 2.05) is 0 Å². The molecule has 6 heteroatoms. The summed E-state index contributed by atoms with van der Waals surface area (Å²) in [6, 6.07) is 12.4. The number of hydrogen-bond donors (Lipinski definition) is 1. The molecule has 0 spiro atoms. The van der Waals surface area contributed by atoms with E-state index in [4.69, 9.17) is 9.47 Å². The molecular formula is C18H16FNO4. The van der Waals surface area contributed by atoms with Gasteiger partial charge in [0.15, 0.2) is 6.61 Å². The molecule has 1 amide bonds. The largest absolute Gasteiger partial charge is 0.497 e. The number of benzene rings is 2. The Balaban J connectivity index is 1.78. The Morgan fingerprint density at radius 2 is 1.75 bits per heavy atom. The summed E-state index contributed by atoms with van der Waals surface area (Å²) in [5.74, 6) is -0.830. The minimum Gasteiger partial charge on any atom is -0.497 e. The SMILES string of the molecule is COc1ccc(/C=C/C(=O)OCC(=O)Nc2ccc(F)cc2)cc1. The third-order valence-electron chi connectivity index (χ3n) is 3.00. The maximum Gasteiger partial charge on any atom is 0.331 e. The highest BCUT2D eigenvalue weighted by molar-refractivity contribution is 5.94. The molecule has 0 radical (unpaired) electrons. The molecule has 0 atom stereocenters. The molecule has 5 nitrogen and oxygen atoms in total. The Morgan fingerprint density at radius 3 is 2.38 bits per heavy atom. The van der Waals surface area contributed by atoms with Gasteiger partial charge in [-0.2, -0.15) is 0 Å². The number of carbonyl (C=O) groups excluding carboxylic acids is 2. The highest BCUT2D eigenvalue weighted by atomic mass is 19.1. The van der Waals surface area contributed by atoms with Crippen molar-refractivity contribution in [1.29, 1.82) is 0 Å².